The standard InChI is InChI=1S/C29H27F3O4/c1-19-7-11-24(25(15-19)20-5-3-2-4-6-20)26-18-35-14-13-22(26)17-36-23-10-8-21(9-12-28(33)34)27(16-23)29(30,31)32/h2-8,10-11,15-16H,9,12-14,17-18H2,1H3,(H,33,34). The molecule has 3 aromatic carbocycles. The molecule has 4 nitrogen and oxygen atoms in total. The molecule has 0 radical (unpaired) electrons. The summed E-state index contributed by atoms with van der Waals surface area (Å²) in [6, 6.07) is 19.9. The maximum absolute atomic E-state index is 13.6. The number of hydrogen-bond donors (Lipinski definition) is 1. The zero-order valence-electron chi connectivity index (χ0n) is 19.9. The Kier molecular flexibility index (Phi) is 7.79. The third kappa shape index (κ3) is 6.15. The summed E-state index contributed by atoms with van der Waals surface area (Å²) in [6.07, 6.45) is -4.57. The third-order valence-corrected chi connectivity index (χ3v) is 6.21. The molecule has 0 saturated carbocycles. The molecular weight excluding hydrogens is 469 g/mol. The van der Waals surface area contributed by atoms with E-state index in [-0.39, 0.29) is 30.8 Å². The normalized spacial score (nSPS) is 14.1. The van der Waals surface area contributed by atoms with Crippen molar-refractivity contribution in [1.29, 1.82) is 0 Å². The molecule has 188 valence electrons. The van der Waals surface area contributed by atoms with Crippen molar-refractivity contribution in [2.24, 2.45) is 0 Å². The van der Waals surface area contributed by atoms with E-state index in [2.05, 4.69) is 12.1 Å². The first-order chi connectivity index (χ1) is 17.2. The van der Waals surface area contributed by atoms with Gasteiger partial charge in [0, 0.05) is 6.42 Å². The summed E-state index contributed by atoms with van der Waals surface area (Å²) in [5, 5.41) is 8.86. The maximum atomic E-state index is 13.6. The minimum Gasteiger partial charge on any atom is -0.489 e. The highest BCUT2D eigenvalue weighted by atomic mass is 19.4. The van der Waals surface area contributed by atoms with Gasteiger partial charge >= 0.3 is 12.1 Å². The molecule has 1 aliphatic heterocycles. The van der Waals surface area contributed by atoms with Crippen LogP contribution < -0.4 is 4.74 Å². The van der Waals surface area contributed by atoms with E-state index in [9.17, 15) is 18.0 Å². The summed E-state index contributed by atoms with van der Waals surface area (Å²) in [5.41, 5.74) is 5.31. The quantitative estimate of drug-likeness (QED) is 0.367. The van der Waals surface area contributed by atoms with Crippen LogP contribution in [0.1, 0.15) is 35.1 Å². The second-order valence-corrected chi connectivity index (χ2v) is 8.80. The number of carboxylic acid groups (broad SMARTS) is 1. The molecule has 7 heteroatoms. The summed E-state index contributed by atoms with van der Waals surface area (Å²) in [4.78, 5) is 10.8. The highest BCUT2D eigenvalue weighted by Gasteiger charge is 2.34. The Labute approximate surface area is 208 Å². The second-order valence-electron chi connectivity index (χ2n) is 8.80. The van der Waals surface area contributed by atoms with Gasteiger partial charge in [-0.3, -0.25) is 4.79 Å². The number of hydrogen-bond acceptors (Lipinski definition) is 3. The Morgan fingerprint density at radius 1 is 1.03 bits per heavy atom. The summed E-state index contributed by atoms with van der Waals surface area (Å²) in [7, 11) is 0. The Morgan fingerprint density at radius 2 is 1.81 bits per heavy atom. The van der Waals surface area contributed by atoms with Crippen LogP contribution in [0.4, 0.5) is 13.2 Å². The molecule has 0 amide bonds. The van der Waals surface area contributed by atoms with Gasteiger partial charge in [-0.15, -0.1) is 0 Å². The zero-order chi connectivity index (χ0) is 25.7. The second kappa shape index (κ2) is 11.0. The van der Waals surface area contributed by atoms with Crippen LogP contribution in [-0.4, -0.2) is 30.9 Å². The number of halogens is 3. The van der Waals surface area contributed by atoms with E-state index >= 15 is 0 Å². The number of benzene rings is 3. The lowest BCUT2D eigenvalue weighted by atomic mass is 9.89. The topological polar surface area (TPSA) is 55.8 Å². The lowest BCUT2D eigenvalue weighted by molar-refractivity contribution is -0.140. The van der Waals surface area contributed by atoms with Gasteiger partial charge in [-0.25, -0.2) is 0 Å². The van der Waals surface area contributed by atoms with Crippen molar-refractivity contribution in [1.82, 2.24) is 0 Å². The van der Waals surface area contributed by atoms with E-state index in [0.717, 1.165) is 39.5 Å². The van der Waals surface area contributed by atoms with Crippen molar-refractivity contribution < 1.29 is 32.5 Å². The van der Waals surface area contributed by atoms with E-state index < -0.39 is 17.7 Å². The highest BCUT2D eigenvalue weighted by Crippen LogP contribution is 2.37. The molecule has 1 aliphatic rings. The summed E-state index contributed by atoms with van der Waals surface area (Å²) in [5.74, 6) is -1.06. The fourth-order valence-electron chi connectivity index (χ4n) is 4.37. The molecule has 1 N–H and O–H groups in total. The summed E-state index contributed by atoms with van der Waals surface area (Å²) in [6.45, 7) is 3.07. The Morgan fingerprint density at radius 3 is 2.53 bits per heavy atom. The molecule has 0 atom stereocenters. The first kappa shape index (κ1) is 25.5. The zero-order valence-corrected chi connectivity index (χ0v) is 19.9. The van der Waals surface area contributed by atoms with Crippen molar-refractivity contribution in [3.63, 3.8) is 0 Å². The highest BCUT2D eigenvalue weighted by molar-refractivity contribution is 5.84. The Hall–Kier alpha value is -3.58. The lowest BCUT2D eigenvalue weighted by Gasteiger charge is -2.24. The van der Waals surface area contributed by atoms with Crippen LogP contribution >= 0.6 is 0 Å². The molecule has 36 heavy (non-hydrogen) atoms. The van der Waals surface area contributed by atoms with Crippen molar-refractivity contribution >= 4 is 11.5 Å². The van der Waals surface area contributed by atoms with Crippen LogP contribution in [0.5, 0.6) is 5.75 Å². The van der Waals surface area contributed by atoms with E-state index in [1.54, 1.807) is 0 Å². The molecule has 0 spiro atoms. The molecule has 0 bridgehead atoms. The first-order valence-corrected chi connectivity index (χ1v) is 11.7. The van der Waals surface area contributed by atoms with Crippen molar-refractivity contribution in [3.8, 4) is 16.9 Å². The molecule has 0 unspecified atom stereocenters. The van der Waals surface area contributed by atoms with Gasteiger partial charge in [-0.1, -0.05) is 60.2 Å². The first-order valence-electron chi connectivity index (χ1n) is 11.7. The molecule has 0 aliphatic carbocycles. The molecular formula is C29H27F3O4. The predicted octanol–water partition coefficient (Wildman–Crippen LogP) is 6.95. The number of carboxylic acids is 1. The van der Waals surface area contributed by atoms with Gasteiger partial charge in [0.05, 0.1) is 18.8 Å². The van der Waals surface area contributed by atoms with E-state index in [1.807, 2.05) is 43.3 Å². The monoisotopic (exact) mass is 496 g/mol. The van der Waals surface area contributed by atoms with Crippen molar-refractivity contribution in [2.45, 2.75) is 32.4 Å². The fourth-order valence-corrected chi connectivity index (χ4v) is 4.37. The van der Waals surface area contributed by atoms with Crippen LogP contribution in [-0.2, 0) is 22.1 Å². The molecule has 0 saturated heterocycles. The number of alkyl halides is 3. The fraction of sp³-hybridized carbons (Fsp3) is 0.276. The smallest absolute Gasteiger partial charge is 0.416 e. The lowest BCUT2D eigenvalue weighted by Crippen LogP contribution is -2.16. The molecule has 0 aromatic heterocycles. The van der Waals surface area contributed by atoms with Gasteiger partial charge in [-0.2, -0.15) is 13.2 Å². The van der Waals surface area contributed by atoms with Crippen LogP contribution in [0.15, 0.2) is 72.3 Å². The largest absolute Gasteiger partial charge is 0.489 e. The van der Waals surface area contributed by atoms with E-state index in [0.29, 0.717) is 19.6 Å². The van der Waals surface area contributed by atoms with Crippen LogP contribution in [0, 0.1) is 6.92 Å². The van der Waals surface area contributed by atoms with Crippen LogP contribution in [0.25, 0.3) is 16.7 Å². The Balaban J connectivity index is 1.64. The minimum atomic E-state index is -4.61. The number of aryl methyl sites for hydroxylation is 2. The van der Waals surface area contributed by atoms with Crippen LogP contribution in [0.3, 0.4) is 0 Å². The van der Waals surface area contributed by atoms with Gasteiger partial charge in [0.1, 0.15) is 12.4 Å². The van der Waals surface area contributed by atoms with Crippen molar-refractivity contribution in [2.75, 3.05) is 19.8 Å². The molecule has 1 heterocycles. The average Bonchev–Trinajstić information content (AvgIpc) is 2.86. The summed E-state index contributed by atoms with van der Waals surface area (Å²) >= 11 is 0. The van der Waals surface area contributed by atoms with Gasteiger partial charge in [0.15, 0.2) is 0 Å². The molecule has 3 aromatic rings. The number of ether oxygens (including phenoxy) is 2. The SMILES string of the molecule is Cc1ccc(C2=C(COc3ccc(CCC(=O)O)c(C(F)(F)F)c3)CCOC2)c(-c2ccccc2)c1. The summed E-state index contributed by atoms with van der Waals surface area (Å²) < 4.78 is 52.5. The van der Waals surface area contributed by atoms with Crippen molar-refractivity contribution in [3.05, 3.63) is 94.6 Å². The number of rotatable bonds is 8. The average molecular weight is 497 g/mol. The van der Waals surface area contributed by atoms with E-state index in [1.165, 1.54) is 12.1 Å². The number of aliphatic carboxylic acids is 1. The van der Waals surface area contributed by atoms with Gasteiger partial charge in [0.25, 0.3) is 0 Å². The van der Waals surface area contributed by atoms with E-state index in [4.69, 9.17) is 14.6 Å². The van der Waals surface area contributed by atoms with Gasteiger partial charge < -0.3 is 14.6 Å². The predicted molar refractivity (Wildman–Crippen MR) is 132 cm³/mol. The van der Waals surface area contributed by atoms with Gasteiger partial charge in [0.2, 0.25) is 0 Å². The maximum Gasteiger partial charge on any atom is 0.416 e. The minimum absolute atomic E-state index is 0.0598. The van der Waals surface area contributed by atoms with Gasteiger partial charge in [-0.05, 0) is 65.3 Å². The molecule has 4 rings (SSSR count). The molecule has 0 fully saturated rings. The number of carbonyl (C=O) groups is 1. The Bertz CT molecular complexity index is 1260. The third-order valence-electron chi connectivity index (χ3n) is 6.21. The van der Waals surface area contributed by atoms with Crippen LogP contribution in [0.2, 0.25) is 0 Å².